The summed E-state index contributed by atoms with van der Waals surface area (Å²) in [6.45, 7) is 4.04. The van der Waals surface area contributed by atoms with Crippen LogP contribution in [-0.2, 0) is 31.9 Å². The molecular weight excluding hydrogens is 514 g/mol. The number of hydrazine groups is 1. The third-order valence-corrected chi connectivity index (χ3v) is 9.00. The molecular formula is C29H33N5O4S. The highest BCUT2D eigenvalue weighted by molar-refractivity contribution is 7.88. The number of para-hydroxylation sites is 1. The van der Waals surface area contributed by atoms with Gasteiger partial charge in [0.25, 0.3) is 0 Å². The number of hydrogen-bond donors (Lipinski definition) is 1. The van der Waals surface area contributed by atoms with Crippen molar-refractivity contribution in [3.8, 4) is 12.3 Å². The van der Waals surface area contributed by atoms with Crippen LogP contribution in [0.1, 0.15) is 31.4 Å². The van der Waals surface area contributed by atoms with Gasteiger partial charge in [-0.1, -0.05) is 68.3 Å². The molecule has 0 radical (unpaired) electrons. The van der Waals surface area contributed by atoms with Gasteiger partial charge in [0.05, 0.1) is 30.9 Å². The summed E-state index contributed by atoms with van der Waals surface area (Å²) in [4.78, 5) is 33.8. The lowest BCUT2D eigenvalue weighted by molar-refractivity contribution is -0.184. The number of aromatic amines is 1. The van der Waals surface area contributed by atoms with Crippen LogP contribution in [0, 0.1) is 18.3 Å². The zero-order valence-corrected chi connectivity index (χ0v) is 23.0. The minimum absolute atomic E-state index is 0.0331. The molecule has 1 aromatic heterocycles. The fraction of sp³-hybridized carbons (Fsp3) is 0.379. The van der Waals surface area contributed by atoms with Crippen molar-refractivity contribution in [3.05, 3.63) is 71.9 Å². The van der Waals surface area contributed by atoms with Gasteiger partial charge >= 0.3 is 0 Å². The lowest BCUT2D eigenvalue weighted by Crippen LogP contribution is -2.75. The van der Waals surface area contributed by atoms with Crippen molar-refractivity contribution in [1.82, 2.24) is 24.2 Å². The second-order valence-corrected chi connectivity index (χ2v) is 12.4. The number of sulfonamides is 1. The van der Waals surface area contributed by atoms with Gasteiger partial charge in [0.1, 0.15) is 12.2 Å². The van der Waals surface area contributed by atoms with Crippen LogP contribution in [-0.4, -0.2) is 76.3 Å². The van der Waals surface area contributed by atoms with Crippen LogP contribution in [0.3, 0.4) is 0 Å². The Kier molecular flexibility index (Phi) is 7.49. The molecule has 2 aromatic carbocycles. The average Bonchev–Trinajstić information content (AvgIpc) is 3.36. The van der Waals surface area contributed by atoms with Crippen LogP contribution in [0.15, 0.2) is 60.8 Å². The van der Waals surface area contributed by atoms with Gasteiger partial charge in [-0.3, -0.25) is 9.59 Å². The third kappa shape index (κ3) is 5.30. The molecule has 2 atom stereocenters. The molecule has 9 nitrogen and oxygen atoms in total. The minimum atomic E-state index is -3.97. The third-order valence-electron chi connectivity index (χ3n) is 7.26. The predicted molar refractivity (Wildman–Crippen MR) is 149 cm³/mol. The van der Waals surface area contributed by atoms with E-state index in [1.165, 1.54) is 14.3 Å². The quantitative estimate of drug-likeness (QED) is 0.438. The first kappa shape index (κ1) is 26.9. The standard InChI is InChI=1S/C29H33N5O4S/c1-4-15-32-19-27(35)33-25(16-21(2)3)29(36)31(17-24-12-8-11-23-13-14-30-28(23)24)18-26(33)34(32)39(37,38)20-22-9-6-5-7-10-22/h1,5-14,21,25-26,30H,15-20H2,2-3H3/t25-,26-/m0/s1. The maximum absolute atomic E-state index is 14.0. The maximum Gasteiger partial charge on any atom is 0.245 e. The lowest BCUT2D eigenvalue weighted by Gasteiger charge is -2.54. The smallest absolute Gasteiger partial charge is 0.245 e. The highest BCUT2D eigenvalue weighted by Gasteiger charge is 2.53. The average molecular weight is 548 g/mol. The Balaban J connectivity index is 1.56. The largest absolute Gasteiger partial charge is 0.361 e. The molecule has 2 aliphatic heterocycles. The molecule has 10 heteroatoms. The summed E-state index contributed by atoms with van der Waals surface area (Å²) in [6, 6.07) is 16.0. The van der Waals surface area contributed by atoms with E-state index >= 15 is 0 Å². The summed E-state index contributed by atoms with van der Waals surface area (Å²) in [6.07, 6.45) is 6.98. The molecule has 3 heterocycles. The lowest BCUT2D eigenvalue weighted by atomic mass is 9.97. The van der Waals surface area contributed by atoms with Crippen molar-refractivity contribution in [2.45, 2.75) is 44.8 Å². The van der Waals surface area contributed by atoms with Gasteiger partial charge in [-0.2, -0.15) is 0 Å². The van der Waals surface area contributed by atoms with E-state index in [-0.39, 0.29) is 49.7 Å². The summed E-state index contributed by atoms with van der Waals surface area (Å²) in [7, 11) is -3.97. The van der Waals surface area contributed by atoms with Gasteiger partial charge in [0.15, 0.2) is 0 Å². The minimum Gasteiger partial charge on any atom is -0.361 e. The van der Waals surface area contributed by atoms with E-state index < -0.39 is 22.2 Å². The summed E-state index contributed by atoms with van der Waals surface area (Å²) in [5.41, 5.74) is 2.47. The maximum atomic E-state index is 14.0. The van der Waals surface area contributed by atoms with Crippen molar-refractivity contribution >= 4 is 32.7 Å². The van der Waals surface area contributed by atoms with Crippen LogP contribution in [0.2, 0.25) is 0 Å². The molecule has 0 aliphatic carbocycles. The zero-order chi connectivity index (χ0) is 27.7. The molecule has 0 bridgehead atoms. The molecule has 1 N–H and O–H groups in total. The Morgan fingerprint density at radius 3 is 2.56 bits per heavy atom. The fourth-order valence-electron chi connectivity index (χ4n) is 5.66. The Bertz CT molecular complexity index is 1510. The monoisotopic (exact) mass is 547 g/mol. The van der Waals surface area contributed by atoms with Crippen LogP contribution in [0.5, 0.6) is 0 Å². The summed E-state index contributed by atoms with van der Waals surface area (Å²) >= 11 is 0. The SMILES string of the molecule is C#CCN1CC(=O)N2[C@@H](CC(C)C)C(=O)N(Cc3cccc4cc[nH]c34)C[C@@H]2N1S(=O)(=O)Cc1ccccc1. The van der Waals surface area contributed by atoms with Crippen LogP contribution >= 0.6 is 0 Å². The Morgan fingerprint density at radius 2 is 1.85 bits per heavy atom. The molecule has 2 fully saturated rings. The summed E-state index contributed by atoms with van der Waals surface area (Å²) < 4.78 is 29.2. The van der Waals surface area contributed by atoms with Gasteiger partial charge in [0, 0.05) is 12.7 Å². The normalized spacial score (nSPS) is 21.0. The van der Waals surface area contributed by atoms with Crippen molar-refractivity contribution in [3.63, 3.8) is 0 Å². The highest BCUT2D eigenvalue weighted by atomic mass is 32.2. The van der Waals surface area contributed by atoms with Gasteiger partial charge in [-0.05, 0) is 34.9 Å². The number of amides is 2. The first-order chi connectivity index (χ1) is 18.7. The molecule has 204 valence electrons. The van der Waals surface area contributed by atoms with Gasteiger partial charge < -0.3 is 14.8 Å². The van der Waals surface area contributed by atoms with E-state index in [0.717, 1.165) is 16.5 Å². The number of rotatable bonds is 8. The zero-order valence-electron chi connectivity index (χ0n) is 22.2. The second kappa shape index (κ2) is 10.8. The number of piperazine rings is 1. The molecule has 0 saturated carbocycles. The number of benzene rings is 2. The molecule has 2 saturated heterocycles. The van der Waals surface area contributed by atoms with Crippen molar-refractivity contribution < 1.29 is 18.0 Å². The molecule has 0 unspecified atom stereocenters. The van der Waals surface area contributed by atoms with E-state index in [2.05, 4.69) is 10.9 Å². The molecule has 0 spiro atoms. The van der Waals surface area contributed by atoms with Gasteiger partial charge in [0.2, 0.25) is 21.8 Å². The Labute approximate surface area is 229 Å². The van der Waals surface area contributed by atoms with E-state index in [1.807, 2.05) is 50.4 Å². The number of hydrogen-bond acceptors (Lipinski definition) is 5. The summed E-state index contributed by atoms with van der Waals surface area (Å²) in [5.74, 6) is 1.88. The van der Waals surface area contributed by atoms with Crippen LogP contribution < -0.4 is 0 Å². The van der Waals surface area contributed by atoms with Crippen molar-refractivity contribution in [2.24, 2.45) is 5.92 Å². The number of carbonyl (C=O) groups excluding carboxylic acids is 2. The fourth-order valence-corrected chi connectivity index (χ4v) is 7.41. The number of aromatic nitrogens is 1. The van der Waals surface area contributed by atoms with Crippen molar-refractivity contribution in [1.29, 1.82) is 0 Å². The topological polar surface area (TPSA) is 97.0 Å². The molecule has 2 aliphatic rings. The Hall–Kier alpha value is -3.65. The second-order valence-electron chi connectivity index (χ2n) is 10.5. The number of H-pyrrole nitrogens is 1. The van der Waals surface area contributed by atoms with Crippen molar-refractivity contribution in [2.75, 3.05) is 19.6 Å². The Morgan fingerprint density at radius 1 is 1.08 bits per heavy atom. The van der Waals surface area contributed by atoms with Gasteiger partial charge in [-0.25, -0.2) is 13.4 Å². The van der Waals surface area contributed by atoms with Gasteiger partial charge in [-0.15, -0.1) is 10.8 Å². The summed E-state index contributed by atoms with van der Waals surface area (Å²) in [5, 5.41) is 2.45. The van der Waals surface area contributed by atoms with E-state index in [9.17, 15) is 18.0 Å². The molecule has 3 aromatic rings. The highest BCUT2D eigenvalue weighted by Crippen LogP contribution is 2.33. The number of nitrogens with zero attached hydrogens (tertiary/aromatic N) is 4. The molecule has 39 heavy (non-hydrogen) atoms. The van der Waals surface area contributed by atoms with E-state index in [4.69, 9.17) is 6.42 Å². The van der Waals surface area contributed by atoms with E-state index in [1.54, 1.807) is 29.2 Å². The first-order valence-corrected chi connectivity index (χ1v) is 14.7. The number of fused-ring (bicyclic) bond motifs is 2. The predicted octanol–water partition coefficient (Wildman–Crippen LogP) is 2.78. The van der Waals surface area contributed by atoms with Crippen LogP contribution in [0.4, 0.5) is 0 Å². The number of nitrogens with one attached hydrogen (secondary N) is 1. The number of terminal acetylenes is 1. The number of carbonyl (C=O) groups is 2. The van der Waals surface area contributed by atoms with Crippen LogP contribution in [0.25, 0.3) is 10.9 Å². The van der Waals surface area contributed by atoms with E-state index in [0.29, 0.717) is 12.0 Å². The molecule has 5 rings (SSSR count). The molecule has 2 amide bonds. The first-order valence-electron chi connectivity index (χ1n) is 13.1.